The van der Waals surface area contributed by atoms with E-state index in [1.165, 1.54) is 35.3 Å². The van der Waals surface area contributed by atoms with Gasteiger partial charge in [0.15, 0.2) is 5.78 Å². The Hall–Kier alpha value is -2.37. The van der Waals surface area contributed by atoms with E-state index in [-0.39, 0.29) is 5.56 Å². The third-order valence-corrected chi connectivity index (χ3v) is 2.67. The zero-order valence-corrected chi connectivity index (χ0v) is 10.6. The number of nitrogens with zero attached hydrogens (tertiary/aromatic N) is 2. The van der Waals surface area contributed by atoms with Crippen molar-refractivity contribution in [3.05, 3.63) is 59.4 Å². The van der Waals surface area contributed by atoms with E-state index < -0.39 is 17.5 Å². The molecule has 1 aromatic heterocycles. The summed E-state index contributed by atoms with van der Waals surface area (Å²) in [6, 6.07) is 5.09. The number of hydrogen-bond donors (Lipinski definition) is 0. The maximum atomic E-state index is 12.8. The lowest BCUT2D eigenvalue weighted by atomic mass is 10.1. The summed E-state index contributed by atoms with van der Waals surface area (Å²) in [5.41, 5.74) is -0.485. The molecule has 6 heteroatoms. The van der Waals surface area contributed by atoms with Gasteiger partial charge in [-0.25, -0.2) is 0 Å². The van der Waals surface area contributed by atoms with Crippen molar-refractivity contribution < 1.29 is 18.0 Å². The Labute approximate surface area is 113 Å². The van der Waals surface area contributed by atoms with E-state index >= 15 is 0 Å². The Bertz CT molecular complexity index is 656. The van der Waals surface area contributed by atoms with Crippen LogP contribution in [0.1, 0.15) is 21.5 Å². The Morgan fingerprint density at radius 3 is 2.60 bits per heavy atom. The largest absolute Gasteiger partial charge is 0.416 e. The van der Waals surface area contributed by atoms with E-state index in [1.54, 1.807) is 7.05 Å². The molecule has 3 nitrogen and oxygen atoms in total. The molecule has 20 heavy (non-hydrogen) atoms. The number of aromatic nitrogens is 2. The van der Waals surface area contributed by atoms with Crippen molar-refractivity contribution in [1.29, 1.82) is 0 Å². The molecular formula is C14H11F3N2O. The Morgan fingerprint density at radius 1 is 1.30 bits per heavy atom. The van der Waals surface area contributed by atoms with Gasteiger partial charge in [0.25, 0.3) is 0 Å². The lowest BCUT2D eigenvalue weighted by Gasteiger charge is -2.09. The van der Waals surface area contributed by atoms with Gasteiger partial charge in [-0.2, -0.15) is 18.3 Å². The van der Waals surface area contributed by atoms with E-state index in [1.807, 2.05) is 0 Å². The summed E-state index contributed by atoms with van der Waals surface area (Å²) < 4.78 is 39.7. The van der Waals surface area contributed by atoms with Gasteiger partial charge in [-0.1, -0.05) is 24.3 Å². The van der Waals surface area contributed by atoms with Crippen LogP contribution < -0.4 is 0 Å². The molecule has 0 saturated carbocycles. The summed E-state index contributed by atoms with van der Waals surface area (Å²) in [7, 11) is 1.65. The van der Waals surface area contributed by atoms with Crippen molar-refractivity contribution in [2.45, 2.75) is 6.18 Å². The molecule has 0 N–H and O–H groups in total. The van der Waals surface area contributed by atoms with Crippen LogP contribution in [-0.4, -0.2) is 15.6 Å². The molecule has 1 aromatic carbocycles. The standard InChI is InChI=1S/C14H11F3N2O/c1-19-9-11(8-18-19)13(20)7-6-10-4-2-3-5-12(10)14(15,16)17/h2-9H,1H3. The highest BCUT2D eigenvalue weighted by atomic mass is 19.4. The third-order valence-electron chi connectivity index (χ3n) is 2.67. The topological polar surface area (TPSA) is 34.9 Å². The summed E-state index contributed by atoms with van der Waals surface area (Å²) in [4.78, 5) is 11.8. The molecule has 0 fully saturated rings. The number of hydrogen-bond acceptors (Lipinski definition) is 2. The van der Waals surface area contributed by atoms with Crippen LogP contribution in [0.3, 0.4) is 0 Å². The minimum Gasteiger partial charge on any atom is -0.289 e. The van der Waals surface area contributed by atoms with Crippen molar-refractivity contribution in [3.63, 3.8) is 0 Å². The molecule has 0 unspecified atom stereocenters. The number of alkyl halides is 3. The molecule has 104 valence electrons. The molecule has 0 atom stereocenters. The van der Waals surface area contributed by atoms with Gasteiger partial charge in [0, 0.05) is 13.2 Å². The van der Waals surface area contributed by atoms with Crippen LogP contribution in [0.4, 0.5) is 13.2 Å². The van der Waals surface area contributed by atoms with Gasteiger partial charge in [0.05, 0.1) is 17.3 Å². The SMILES string of the molecule is Cn1cc(C(=O)C=Cc2ccccc2C(F)(F)F)cn1. The van der Waals surface area contributed by atoms with Gasteiger partial charge in [0.1, 0.15) is 0 Å². The fraction of sp³-hybridized carbons (Fsp3) is 0.143. The highest BCUT2D eigenvalue weighted by Crippen LogP contribution is 2.32. The number of aryl methyl sites for hydroxylation is 1. The predicted molar refractivity (Wildman–Crippen MR) is 68.0 cm³/mol. The highest BCUT2D eigenvalue weighted by molar-refractivity contribution is 6.06. The maximum absolute atomic E-state index is 12.8. The second kappa shape index (κ2) is 5.32. The molecule has 1 heterocycles. The summed E-state index contributed by atoms with van der Waals surface area (Å²) in [6.07, 6.45) is 0.697. The molecule has 0 aliphatic rings. The van der Waals surface area contributed by atoms with Crippen LogP contribution >= 0.6 is 0 Å². The number of rotatable bonds is 3. The van der Waals surface area contributed by atoms with Crippen molar-refractivity contribution in [2.75, 3.05) is 0 Å². The van der Waals surface area contributed by atoms with Crippen LogP contribution in [-0.2, 0) is 13.2 Å². The van der Waals surface area contributed by atoms with Crippen LogP contribution in [0, 0.1) is 0 Å². The molecule has 0 radical (unpaired) electrons. The van der Waals surface area contributed by atoms with E-state index in [0.29, 0.717) is 5.56 Å². The lowest BCUT2D eigenvalue weighted by molar-refractivity contribution is -0.137. The van der Waals surface area contributed by atoms with Crippen LogP contribution in [0.15, 0.2) is 42.7 Å². The van der Waals surface area contributed by atoms with Gasteiger partial charge in [-0.15, -0.1) is 0 Å². The van der Waals surface area contributed by atoms with E-state index in [9.17, 15) is 18.0 Å². The minimum atomic E-state index is -4.45. The van der Waals surface area contributed by atoms with Gasteiger partial charge >= 0.3 is 6.18 Å². The van der Waals surface area contributed by atoms with Gasteiger partial charge < -0.3 is 0 Å². The van der Waals surface area contributed by atoms with Crippen molar-refractivity contribution in [2.24, 2.45) is 7.05 Å². The number of carbonyl (C=O) groups excluding carboxylic acids is 1. The summed E-state index contributed by atoms with van der Waals surface area (Å²) in [5.74, 6) is -0.393. The number of ketones is 1. The maximum Gasteiger partial charge on any atom is 0.416 e. The Balaban J connectivity index is 2.26. The molecule has 2 aromatic rings. The fourth-order valence-corrected chi connectivity index (χ4v) is 1.71. The van der Waals surface area contributed by atoms with Crippen molar-refractivity contribution in [1.82, 2.24) is 9.78 Å². The quantitative estimate of drug-likeness (QED) is 0.638. The van der Waals surface area contributed by atoms with Crippen LogP contribution in [0.2, 0.25) is 0 Å². The van der Waals surface area contributed by atoms with E-state index in [2.05, 4.69) is 5.10 Å². The first-order valence-corrected chi connectivity index (χ1v) is 5.75. The first-order chi connectivity index (χ1) is 9.38. The lowest BCUT2D eigenvalue weighted by Crippen LogP contribution is -2.07. The Morgan fingerprint density at radius 2 is 2.00 bits per heavy atom. The number of allylic oxidation sites excluding steroid dienone is 1. The third kappa shape index (κ3) is 3.14. The van der Waals surface area contributed by atoms with Crippen molar-refractivity contribution in [3.8, 4) is 0 Å². The molecule has 0 bridgehead atoms. The molecule has 0 saturated heterocycles. The monoisotopic (exact) mass is 280 g/mol. The first-order valence-electron chi connectivity index (χ1n) is 5.75. The molecule has 0 aliphatic carbocycles. The molecule has 2 rings (SSSR count). The normalized spacial score (nSPS) is 12.0. The van der Waals surface area contributed by atoms with Gasteiger partial charge in [0.2, 0.25) is 0 Å². The predicted octanol–water partition coefficient (Wildman–Crippen LogP) is 3.34. The summed E-state index contributed by atoms with van der Waals surface area (Å²) in [5, 5.41) is 3.83. The second-order valence-electron chi connectivity index (χ2n) is 4.19. The van der Waals surface area contributed by atoms with E-state index in [4.69, 9.17) is 0 Å². The zero-order chi connectivity index (χ0) is 14.8. The Kier molecular flexibility index (Phi) is 3.74. The van der Waals surface area contributed by atoms with Crippen molar-refractivity contribution >= 4 is 11.9 Å². The first kappa shape index (κ1) is 14.0. The smallest absolute Gasteiger partial charge is 0.289 e. The number of halogens is 3. The average molecular weight is 280 g/mol. The summed E-state index contributed by atoms with van der Waals surface area (Å²) in [6.45, 7) is 0. The molecular weight excluding hydrogens is 269 g/mol. The highest BCUT2D eigenvalue weighted by Gasteiger charge is 2.32. The zero-order valence-electron chi connectivity index (χ0n) is 10.6. The number of benzene rings is 1. The molecule has 0 amide bonds. The number of carbonyl (C=O) groups is 1. The molecule has 0 aliphatic heterocycles. The average Bonchev–Trinajstić information content (AvgIpc) is 2.82. The van der Waals surface area contributed by atoms with Gasteiger partial charge in [-0.3, -0.25) is 9.48 Å². The van der Waals surface area contributed by atoms with E-state index in [0.717, 1.165) is 18.2 Å². The van der Waals surface area contributed by atoms with Crippen LogP contribution in [0.25, 0.3) is 6.08 Å². The van der Waals surface area contributed by atoms with Crippen LogP contribution in [0.5, 0.6) is 0 Å². The fourth-order valence-electron chi connectivity index (χ4n) is 1.71. The minimum absolute atomic E-state index is 0.0442. The van der Waals surface area contributed by atoms with Gasteiger partial charge in [-0.05, 0) is 17.7 Å². The summed E-state index contributed by atoms with van der Waals surface area (Å²) >= 11 is 0. The second-order valence-corrected chi connectivity index (χ2v) is 4.19. The molecule has 0 spiro atoms.